The van der Waals surface area contributed by atoms with Crippen molar-refractivity contribution in [1.82, 2.24) is 10.6 Å². The molecule has 0 atom stereocenters. The first kappa shape index (κ1) is 14.1. The second kappa shape index (κ2) is 7.35. The van der Waals surface area contributed by atoms with Crippen molar-refractivity contribution in [3.63, 3.8) is 0 Å². The first-order valence-electron chi connectivity index (χ1n) is 5.97. The van der Waals surface area contributed by atoms with Crippen molar-refractivity contribution in [3.05, 3.63) is 35.4 Å². The summed E-state index contributed by atoms with van der Waals surface area (Å²) in [5.41, 5.74) is 0.638. The van der Waals surface area contributed by atoms with Crippen LogP contribution in [-0.2, 0) is 6.54 Å². The van der Waals surface area contributed by atoms with Crippen LogP contribution in [0, 0.1) is 11.6 Å². The average molecular weight is 242 g/mol. The summed E-state index contributed by atoms with van der Waals surface area (Å²) < 4.78 is 25.7. The maximum Gasteiger partial charge on any atom is 0.126 e. The lowest BCUT2D eigenvalue weighted by Crippen LogP contribution is -2.26. The zero-order valence-electron chi connectivity index (χ0n) is 10.4. The fourth-order valence-electron chi connectivity index (χ4n) is 1.55. The Labute approximate surface area is 101 Å². The third kappa shape index (κ3) is 6.34. The highest BCUT2D eigenvalue weighted by atomic mass is 19.1. The van der Waals surface area contributed by atoms with E-state index in [2.05, 4.69) is 24.5 Å². The van der Waals surface area contributed by atoms with Crippen LogP contribution in [0.4, 0.5) is 8.78 Å². The molecule has 0 aliphatic heterocycles. The SMILES string of the molecule is CC(C)NCCCNCc1cc(F)cc(F)c1. The quantitative estimate of drug-likeness (QED) is 0.718. The molecule has 0 unspecified atom stereocenters. The van der Waals surface area contributed by atoms with E-state index in [-0.39, 0.29) is 0 Å². The molecular formula is C13H20F2N2. The van der Waals surface area contributed by atoms with Crippen LogP contribution in [0.25, 0.3) is 0 Å². The molecule has 0 amide bonds. The summed E-state index contributed by atoms with van der Waals surface area (Å²) in [6.45, 7) is 6.47. The lowest BCUT2D eigenvalue weighted by Gasteiger charge is -2.08. The molecule has 1 aromatic carbocycles. The Hall–Kier alpha value is -1.00. The number of nitrogens with one attached hydrogen (secondary N) is 2. The third-order valence-electron chi connectivity index (χ3n) is 2.33. The molecule has 1 aromatic rings. The van der Waals surface area contributed by atoms with E-state index in [1.807, 2.05) is 0 Å². The van der Waals surface area contributed by atoms with Crippen LogP contribution in [0.1, 0.15) is 25.8 Å². The van der Waals surface area contributed by atoms with Gasteiger partial charge in [-0.3, -0.25) is 0 Å². The van der Waals surface area contributed by atoms with Gasteiger partial charge in [0.1, 0.15) is 11.6 Å². The normalized spacial score (nSPS) is 11.1. The van der Waals surface area contributed by atoms with Crippen molar-refractivity contribution in [3.8, 4) is 0 Å². The molecular weight excluding hydrogens is 222 g/mol. The molecule has 0 aromatic heterocycles. The predicted molar refractivity (Wildman–Crippen MR) is 65.8 cm³/mol. The van der Waals surface area contributed by atoms with Crippen molar-refractivity contribution in [2.24, 2.45) is 0 Å². The molecule has 2 nitrogen and oxygen atoms in total. The summed E-state index contributed by atoms with van der Waals surface area (Å²) in [5.74, 6) is -1.05. The molecule has 0 fully saturated rings. The highest BCUT2D eigenvalue weighted by molar-refractivity contribution is 5.17. The van der Waals surface area contributed by atoms with Crippen molar-refractivity contribution in [1.29, 1.82) is 0 Å². The number of benzene rings is 1. The van der Waals surface area contributed by atoms with Crippen LogP contribution < -0.4 is 10.6 Å². The van der Waals surface area contributed by atoms with Gasteiger partial charge in [0.2, 0.25) is 0 Å². The predicted octanol–water partition coefficient (Wildman–Crippen LogP) is 2.44. The lowest BCUT2D eigenvalue weighted by atomic mass is 10.2. The molecule has 0 aliphatic carbocycles. The summed E-state index contributed by atoms with van der Waals surface area (Å²) in [6, 6.07) is 4.08. The Morgan fingerprint density at radius 1 is 1.06 bits per heavy atom. The highest BCUT2D eigenvalue weighted by Gasteiger charge is 2.00. The van der Waals surface area contributed by atoms with E-state index < -0.39 is 11.6 Å². The Morgan fingerprint density at radius 3 is 2.29 bits per heavy atom. The molecule has 17 heavy (non-hydrogen) atoms. The fraction of sp³-hybridized carbons (Fsp3) is 0.538. The van der Waals surface area contributed by atoms with Crippen LogP contribution in [-0.4, -0.2) is 19.1 Å². The van der Waals surface area contributed by atoms with E-state index in [0.717, 1.165) is 25.6 Å². The summed E-state index contributed by atoms with van der Waals surface area (Å²) in [5, 5.41) is 6.46. The number of hydrogen-bond acceptors (Lipinski definition) is 2. The van der Waals surface area contributed by atoms with E-state index in [1.54, 1.807) is 0 Å². The Bertz CT molecular complexity index is 320. The van der Waals surface area contributed by atoms with Crippen LogP contribution in [0.15, 0.2) is 18.2 Å². The Morgan fingerprint density at radius 2 is 1.71 bits per heavy atom. The second-order valence-corrected chi connectivity index (χ2v) is 4.42. The smallest absolute Gasteiger partial charge is 0.126 e. The monoisotopic (exact) mass is 242 g/mol. The van der Waals surface area contributed by atoms with Gasteiger partial charge in [0.05, 0.1) is 0 Å². The van der Waals surface area contributed by atoms with Crippen molar-refractivity contribution >= 4 is 0 Å². The molecule has 0 saturated carbocycles. The van der Waals surface area contributed by atoms with Crippen LogP contribution in [0.3, 0.4) is 0 Å². The summed E-state index contributed by atoms with van der Waals surface area (Å²) in [6.07, 6.45) is 0.996. The molecule has 0 spiro atoms. The van der Waals surface area contributed by atoms with Gasteiger partial charge in [-0.05, 0) is 37.2 Å². The Kier molecular flexibility index (Phi) is 6.08. The zero-order chi connectivity index (χ0) is 12.7. The molecule has 2 N–H and O–H groups in total. The highest BCUT2D eigenvalue weighted by Crippen LogP contribution is 2.07. The van der Waals surface area contributed by atoms with Crippen LogP contribution in [0.5, 0.6) is 0 Å². The van der Waals surface area contributed by atoms with Gasteiger partial charge in [0.25, 0.3) is 0 Å². The first-order valence-corrected chi connectivity index (χ1v) is 5.97. The maximum atomic E-state index is 12.9. The van der Waals surface area contributed by atoms with E-state index in [4.69, 9.17) is 0 Å². The van der Waals surface area contributed by atoms with Gasteiger partial charge in [0.15, 0.2) is 0 Å². The Balaban J connectivity index is 2.18. The minimum atomic E-state index is -0.525. The average Bonchev–Trinajstić information content (AvgIpc) is 2.21. The minimum absolute atomic E-state index is 0.493. The lowest BCUT2D eigenvalue weighted by molar-refractivity contribution is 0.543. The first-order chi connectivity index (χ1) is 8.08. The van der Waals surface area contributed by atoms with Crippen LogP contribution in [0.2, 0.25) is 0 Å². The molecule has 0 bridgehead atoms. The summed E-state index contributed by atoms with van der Waals surface area (Å²) in [7, 11) is 0. The summed E-state index contributed by atoms with van der Waals surface area (Å²) in [4.78, 5) is 0. The third-order valence-corrected chi connectivity index (χ3v) is 2.33. The van der Waals surface area contributed by atoms with Crippen LogP contribution >= 0.6 is 0 Å². The van der Waals surface area contributed by atoms with E-state index in [1.165, 1.54) is 12.1 Å². The van der Waals surface area contributed by atoms with Gasteiger partial charge in [-0.25, -0.2) is 8.78 Å². The molecule has 0 radical (unpaired) electrons. The molecule has 0 aliphatic rings. The molecule has 1 rings (SSSR count). The van der Waals surface area contributed by atoms with Gasteiger partial charge in [-0.1, -0.05) is 13.8 Å². The molecule has 0 heterocycles. The number of halogens is 2. The fourth-order valence-corrected chi connectivity index (χ4v) is 1.55. The van der Waals surface area contributed by atoms with E-state index >= 15 is 0 Å². The van der Waals surface area contributed by atoms with E-state index in [9.17, 15) is 8.78 Å². The topological polar surface area (TPSA) is 24.1 Å². The molecule has 4 heteroatoms. The van der Waals surface area contributed by atoms with Crippen molar-refractivity contribution in [2.75, 3.05) is 13.1 Å². The van der Waals surface area contributed by atoms with Gasteiger partial charge in [-0.2, -0.15) is 0 Å². The largest absolute Gasteiger partial charge is 0.314 e. The van der Waals surface area contributed by atoms with Gasteiger partial charge in [-0.15, -0.1) is 0 Å². The maximum absolute atomic E-state index is 12.9. The molecule has 0 saturated heterocycles. The standard InChI is InChI=1S/C13H20F2N2/c1-10(2)17-5-3-4-16-9-11-6-12(14)8-13(15)7-11/h6-8,10,16-17H,3-5,9H2,1-2H3. The van der Waals surface area contributed by atoms with E-state index in [0.29, 0.717) is 18.2 Å². The van der Waals surface area contributed by atoms with Crippen molar-refractivity contribution < 1.29 is 8.78 Å². The minimum Gasteiger partial charge on any atom is -0.314 e. The number of rotatable bonds is 7. The summed E-state index contributed by atoms with van der Waals surface area (Å²) >= 11 is 0. The second-order valence-electron chi connectivity index (χ2n) is 4.42. The van der Waals surface area contributed by atoms with Gasteiger partial charge in [0, 0.05) is 18.7 Å². The molecule has 96 valence electrons. The zero-order valence-corrected chi connectivity index (χ0v) is 10.4. The van der Waals surface area contributed by atoms with Gasteiger partial charge >= 0.3 is 0 Å². The number of hydrogen-bond donors (Lipinski definition) is 2. The van der Waals surface area contributed by atoms with Crippen molar-refractivity contribution in [2.45, 2.75) is 32.9 Å². The van der Waals surface area contributed by atoms with Gasteiger partial charge < -0.3 is 10.6 Å².